The first-order chi connectivity index (χ1) is 12.6. The fraction of sp³-hybridized carbons (Fsp3) is 0.263. The second kappa shape index (κ2) is 6.97. The Bertz CT molecular complexity index is 1010. The van der Waals surface area contributed by atoms with Crippen LogP contribution in [0.1, 0.15) is 11.6 Å². The van der Waals surface area contributed by atoms with Gasteiger partial charge in [0.25, 0.3) is 0 Å². The minimum Gasteiger partial charge on any atom is -0.332 e. The number of para-hydroxylation sites is 2. The van der Waals surface area contributed by atoms with Crippen LogP contribution in [0, 0.1) is 0 Å². The van der Waals surface area contributed by atoms with E-state index in [1.54, 1.807) is 0 Å². The van der Waals surface area contributed by atoms with Crippen molar-refractivity contribution >= 4 is 28.5 Å². The summed E-state index contributed by atoms with van der Waals surface area (Å²) in [7, 11) is 0. The van der Waals surface area contributed by atoms with E-state index in [1.165, 1.54) is 4.57 Å². The molecule has 3 aromatic rings. The molecule has 134 valence electrons. The molecular formula is C19H19ClN4O2. The van der Waals surface area contributed by atoms with Crippen LogP contribution in [0.2, 0.25) is 5.02 Å². The SMILES string of the molecule is O=C(Cn1c(=O)[nH]c2ccccc21)N1CCNCC1c1cccc(Cl)c1. The van der Waals surface area contributed by atoms with Crippen molar-refractivity contribution in [1.29, 1.82) is 0 Å². The molecule has 2 aromatic carbocycles. The fourth-order valence-electron chi connectivity index (χ4n) is 3.50. The lowest BCUT2D eigenvalue weighted by atomic mass is 10.0. The summed E-state index contributed by atoms with van der Waals surface area (Å²) < 4.78 is 1.49. The monoisotopic (exact) mass is 370 g/mol. The van der Waals surface area contributed by atoms with Crippen molar-refractivity contribution in [2.45, 2.75) is 12.6 Å². The first-order valence-corrected chi connectivity index (χ1v) is 8.94. The zero-order chi connectivity index (χ0) is 18.1. The van der Waals surface area contributed by atoms with Crippen LogP contribution in [-0.4, -0.2) is 40.0 Å². The Kier molecular flexibility index (Phi) is 4.53. The van der Waals surface area contributed by atoms with Crippen LogP contribution < -0.4 is 11.0 Å². The highest BCUT2D eigenvalue weighted by Crippen LogP contribution is 2.25. The van der Waals surface area contributed by atoms with Crippen LogP contribution in [0.3, 0.4) is 0 Å². The van der Waals surface area contributed by atoms with E-state index < -0.39 is 0 Å². The molecule has 4 rings (SSSR count). The third-order valence-corrected chi connectivity index (χ3v) is 5.01. The van der Waals surface area contributed by atoms with E-state index in [9.17, 15) is 9.59 Å². The smallest absolute Gasteiger partial charge is 0.326 e. The molecule has 1 aromatic heterocycles. The molecule has 1 amide bonds. The Morgan fingerprint density at radius 3 is 2.88 bits per heavy atom. The molecule has 0 radical (unpaired) electrons. The predicted octanol–water partition coefficient (Wildman–Crippen LogP) is 2.16. The van der Waals surface area contributed by atoms with Gasteiger partial charge in [-0.1, -0.05) is 35.9 Å². The maximum atomic E-state index is 13.0. The minimum absolute atomic E-state index is 0.0138. The maximum absolute atomic E-state index is 13.0. The Balaban J connectivity index is 1.63. The summed E-state index contributed by atoms with van der Waals surface area (Å²) in [6, 6.07) is 14.9. The molecule has 2 N–H and O–H groups in total. The number of amides is 1. The van der Waals surface area contributed by atoms with Gasteiger partial charge in [-0.2, -0.15) is 0 Å². The van der Waals surface area contributed by atoms with Gasteiger partial charge in [0.1, 0.15) is 6.54 Å². The first kappa shape index (κ1) is 16.9. The van der Waals surface area contributed by atoms with Crippen molar-refractivity contribution < 1.29 is 4.79 Å². The fourth-order valence-corrected chi connectivity index (χ4v) is 3.70. The van der Waals surface area contributed by atoms with E-state index >= 15 is 0 Å². The highest BCUT2D eigenvalue weighted by Gasteiger charge is 2.28. The highest BCUT2D eigenvalue weighted by atomic mass is 35.5. The summed E-state index contributed by atoms with van der Waals surface area (Å²) in [5.74, 6) is -0.0803. The number of H-pyrrole nitrogens is 1. The molecule has 0 aliphatic carbocycles. The number of aromatic nitrogens is 2. The summed E-state index contributed by atoms with van der Waals surface area (Å²) in [6.07, 6.45) is 0. The second-order valence-electron chi connectivity index (χ2n) is 6.40. The van der Waals surface area contributed by atoms with Crippen molar-refractivity contribution in [3.8, 4) is 0 Å². The molecule has 7 heteroatoms. The van der Waals surface area contributed by atoms with Gasteiger partial charge in [-0.3, -0.25) is 9.36 Å². The third kappa shape index (κ3) is 3.13. The van der Waals surface area contributed by atoms with Crippen molar-refractivity contribution in [3.05, 3.63) is 69.6 Å². The van der Waals surface area contributed by atoms with Gasteiger partial charge in [0.05, 0.1) is 17.1 Å². The number of halogens is 1. The van der Waals surface area contributed by atoms with Crippen LogP contribution in [-0.2, 0) is 11.3 Å². The van der Waals surface area contributed by atoms with Crippen LogP contribution in [0.25, 0.3) is 11.0 Å². The molecule has 0 bridgehead atoms. The first-order valence-electron chi connectivity index (χ1n) is 8.57. The topological polar surface area (TPSA) is 70.1 Å². The summed E-state index contributed by atoms with van der Waals surface area (Å²) >= 11 is 6.12. The third-order valence-electron chi connectivity index (χ3n) is 4.77. The number of carbonyl (C=O) groups excluding carboxylic acids is 1. The predicted molar refractivity (Wildman–Crippen MR) is 101 cm³/mol. The van der Waals surface area contributed by atoms with Gasteiger partial charge in [-0.15, -0.1) is 0 Å². The van der Waals surface area contributed by atoms with Gasteiger partial charge in [0.15, 0.2) is 0 Å². The van der Waals surface area contributed by atoms with Crippen molar-refractivity contribution in [1.82, 2.24) is 19.8 Å². The molecule has 1 unspecified atom stereocenters. The molecule has 6 nitrogen and oxygen atoms in total. The molecule has 1 saturated heterocycles. The number of nitrogens with zero attached hydrogens (tertiary/aromatic N) is 2. The number of nitrogens with one attached hydrogen (secondary N) is 2. The van der Waals surface area contributed by atoms with E-state index in [-0.39, 0.29) is 24.2 Å². The molecular weight excluding hydrogens is 352 g/mol. The number of benzene rings is 2. The Labute approximate surface area is 155 Å². The van der Waals surface area contributed by atoms with E-state index in [1.807, 2.05) is 53.4 Å². The Hall–Kier alpha value is -2.57. The zero-order valence-electron chi connectivity index (χ0n) is 14.1. The highest BCUT2D eigenvalue weighted by molar-refractivity contribution is 6.30. The molecule has 0 spiro atoms. The van der Waals surface area contributed by atoms with E-state index in [4.69, 9.17) is 11.6 Å². The molecule has 1 aliphatic rings. The van der Waals surface area contributed by atoms with Crippen LogP contribution in [0.5, 0.6) is 0 Å². The largest absolute Gasteiger partial charge is 0.332 e. The standard InChI is InChI=1S/C19H19ClN4O2/c20-14-5-3-4-13(10-14)17-11-21-8-9-23(17)18(25)12-24-16-7-2-1-6-15(16)22-19(24)26/h1-7,10,17,21H,8-9,11-12H2,(H,22,26). The molecule has 26 heavy (non-hydrogen) atoms. The number of aromatic amines is 1. The lowest BCUT2D eigenvalue weighted by molar-refractivity contribution is -0.135. The Morgan fingerprint density at radius 1 is 1.19 bits per heavy atom. The van der Waals surface area contributed by atoms with E-state index in [0.717, 1.165) is 23.1 Å². The van der Waals surface area contributed by atoms with Crippen molar-refractivity contribution in [2.75, 3.05) is 19.6 Å². The Morgan fingerprint density at radius 2 is 2.04 bits per heavy atom. The van der Waals surface area contributed by atoms with E-state index in [2.05, 4.69) is 10.3 Å². The van der Waals surface area contributed by atoms with Gasteiger partial charge < -0.3 is 15.2 Å². The summed E-state index contributed by atoms with van der Waals surface area (Å²) in [5.41, 5.74) is 2.19. The number of carbonyl (C=O) groups is 1. The quantitative estimate of drug-likeness (QED) is 0.742. The molecule has 1 aliphatic heterocycles. The summed E-state index contributed by atoms with van der Waals surface area (Å²) in [4.78, 5) is 29.9. The van der Waals surface area contributed by atoms with Crippen LogP contribution in [0.4, 0.5) is 0 Å². The van der Waals surface area contributed by atoms with Gasteiger partial charge in [-0.25, -0.2) is 4.79 Å². The number of imidazole rings is 1. The van der Waals surface area contributed by atoms with Crippen LogP contribution in [0.15, 0.2) is 53.3 Å². The summed E-state index contributed by atoms with van der Waals surface area (Å²) in [5, 5.41) is 3.97. The average molecular weight is 371 g/mol. The summed E-state index contributed by atoms with van der Waals surface area (Å²) in [6.45, 7) is 1.99. The lowest BCUT2D eigenvalue weighted by Gasteiger charge is -2.36. The maximum Gasteiger partial charge on any atom is 0.326 e. The minimum atomic E-state index is -0.269. The van der Waals surface area contributed by atoms with Crippen LogP contribution >= 0.6 is 11.6 Å². The number of hydrogen-bond donors (Lipinski definition) is 2. The normalized spacial score (nSPS) is 17.6. The number of fused-ring (bicyclic) bond motifs is 1. The molecule has 1 fully saturated rings. The average Bonchev–Trinajstić information content (AvgIpc) is 2.97. The van der Waals surface area contributed by atoms with Gasteiger partial charge in [-0.05, 0) is 29.8 Å². The van der Waals surface area contributed by atoms with E-state index in [0.29, 0.717) is 18.1 Å². The second-order valence-corrected chi connectivity index (χ2v) is 6.83. The van der Waals surface area contributed by atoms with Crippen molar-refractivity contribution in [2.24, 2.45) is 0 Å². The van der Waals surface area contributed by atoms with Gasteiger partial charge >= 0.3 is 5.69 Å². The number of hydrogen-bond acceptors (Lipinski definition) is 3. The number of rotatable bonds is 3. The number of piperazine rings is 1. The molecule has 2 heterocycles. The van der Waals surface area contributed by atoms with Gasteiger partial charge in [0, 0.05) is 24.7 Å². The van der Waals surface area contributed by atoms with Crippen molar-refractivity contribution in [3.63, 3.8) is 0 Å². The lowest BCUT2D eigenvalue weighted by Crippen LogP contribution is -2.50. The molecule has 0 saturated carbocycles. The van der Waals surface area contributed by atoms with Gasteiger partial charge in [0.2, 0.25) is 5.91 Å². The molecule has 1 atom stereocenters. The zero-order valence-corrected chi connectivity index (χ0v) is 14.9.